The summed E-state index contributed by atoms with van der Waals surface area (Å²) in [5, 5.41) is 7.18. The van der Waals surface area contributed by atoms with Crippen molar-refractivity contribution in [1.29, 1.82) is 0 Å². The Hall–Kier alpha value is -1.39. The summed E-state index contributed by atoms with van der Waals surface area (Å²) in [6, 6.07) is 0.358. The molecular formula is C16H28N4O. The first-order chi connectivity index (χ1) is 10.0. The van der Waals surface area contributed by atoms with E-state index in [0.717, 1.165) is 18.8 Å². The first-order valence-corrected chi connectivity index (χ1v) is 8.13. The van der Waals surface area contributed by atoms with Gasteiger partial charge in [-0.25, -0.2) is 4.98 Å². The van der Waals surface area contributed by atoms with Gasteiger partial charge in [-0.15, -0.1) is 0 Å². The predicted molar refractivity (Wildman–Crippen MR) is 82.6 cm³/mol. The highest BCUT2D eigenvalue weighted by molar-refractivity contribution is 5.76. The fourth-order valence-corrected chi connectivity index (χ4v) is 3.17. The lowest BCUT2D eigenvalue weighted by Gasteiger charge is -2.39. The van der Waals surface area contributed by atoms with Crippen LogP contribution < -0.4 is 5.32 Å². The Labute approximate surface area is 127 Å². The third kappa shape index (κ3) is 4.55. The number of nitrogens with one attached hydrogen (secondary N) is 1. The van der Waals surface area contributed by atoms with E-state index in [0.29, 0.717) is 24.4 Å². The Balaban J connectivity index is 1.69. The molecule has 1 saturated carbocycles. The normalized spacial score (nSPS) is 23.0. The molecule has 118 valence electrons. The maximum absolute atomic E-state index is 12.0. The molecule has 0 aromatic carbocycles. The molecular weight excluding hydrogens is 264 g/mol. The zero-order valence-electron chi connectivity index (χ0n) is 13.5. The summed E-state index contributed by atoms with van der Waals surface area (Å²) in [6.07, 6.45) is 9.53. The number of nitrogens with zero attached hydrogens (tertiary/aromatic N) is 3. The van der Waals surface area contributed by atoms with Crippen molar-refractivity contribution in [2.24, 2.45) is 11.3 Å². The van der Waals surface area contributed by atoms with Crippen LogP contribution in [0.2, 0.25) is 0 Å². The molecule has 1 N–H and O–H groups in total. The molecule has 0 aliphatic heterocycles. The monoisotopic (exact) mass is 292 g/mol. The van der Waals surface area contributed by atoms with Crippen molar-refractivity contribution in [1.82, 2.24) is 20.1 Å². The Kier molecular flexibility index (Phi) is 5.37. The Bertz CT molecular complexity index is 433. The first-order valence-electron chi connectivity index (χ1n) is 8.13. The van der Waals surface area contributed by atoms with Crippen molar-refractivity contribution in [3.05, 3.63) is 12.7 Å². The van der Waals surface area contributed by atoms with Crippen molar-refractivity contribution in [3.8, 4) is 0 Å². The Morgan fingerprint density at radius 3 is 2.62 bits per heavy atom. The van der Waals surface area contributed by atoms with Gasteiger partial charge in [0.1, 0.15) is 12.7 Å². The van der Waals surface area contributed by atoms with Gasteiger partial charge in [0.2, 0.25) is 5.91 Å². The average Bonchev–Trinajstić information content (AvgIpc) is 2.99. The lowest BCUT2D eigenvalue weighted by Crippen LogP contribution is -2.40. The fraction of sp³-hybridized carbons (Fsp3) is 0.812. The van der Waals surface area contributed by atoms with Gasteiger partial charge in [-0.1, -0.05) is 27.2 Å². The lowest BCUT2D eigenvalue weighted by molar-refractivity contribution is -0.122. The third-order valence-corrected chi connectivity index (χ3v) is 5.14. The van der Waals surface area contributed by atoms with Crippen LogP contribution in [0.15, 0.2) is 12.7 Å². The van der Waals surface area contributed by atoms with Crippen LogP contribution >= 0.6 is 0 Å². The van der Waals surface area contributed by atoms with Crippen molar-refractivity contribution in [3.63, 3.8) is 0 Å². The van der Waals surface area contributed by atoms with Crippen molar-refractivity contribution in [2.45, 2.75) is 71.9 Å². The second-order valence-corrected chi connectivity index (χ2v) is 6.87. The molecule has 21 heavy (non-hydrogen) atoms. The van der Waals surface area contributed by atoms with E-state index >= 15 is 0 Å². The van der Waals surface area contributed by atoms with E-state index in [9.17, 15) is 4.79 Å². The highest BCUT2D eigenvalue weighted by Crippen LogP contribution is 2.40. The van der Waals surface area contributed by atoms with Crippen LogP contribution in [0.3, 0.4) is 0 Å². The summed E-state index contributed by atoms with van der Waals surface area (Å²) < 4.78 is 1.69. The molecule has 0 bridgehead atoms. The molecule has 1 fully saturated rings. The molecule has 1 amide bonds. The molecule has 2 rings (SSSR count). The zero-order chi connectivity index (χ0) is 15.3. The van der Waals surface area contributed by atoms with Gasteiger partial charge < -0.3 is 5.32 Å². The quantitative estimate of drug-likeness (QED) is 0.877. The molecule has 0 saturated heterocycles. The number of aryl methyl sites for hydroxylation is 1. The van der Waals surface area contributed by atoms with Crippen molar-refractivity contribution < 1.29 is 4.79 Å². The van der Waals surface area contributed by atoms with Crippen LogP contribution in [-0.4, -0.2) is 26.7 Å². The van der Waals surface area contributed by atoms with E-state index in [1.165, 1.54) is 25.6 Å². The van der Waals surface area contributed by atoms with E-state index in [-0.39, 0.29) is 5.91 Å². The largest absolute Gasteiger partial charge is 0.353 e. The summed E-state index contributed by atoms with van der Waals surface area (Å²) in [5.74, 6) is 0.925. The van der Waals surface area contributed by atoms with E-state index in [1.807, 2.05) is 0 Å². The van der Waals surface area contributed by atoms with Crippen molar-refractivity contribution in [2.75, 3.05) is 0 Å². The van der Waals surface area contributed by atoms with Crippen LogP contribution in [0.4, 0.5) is 0 Å². The lowest BCUT2D eigenvalue weighted by atomic mass is 9.69. The maximum Gasteiger partial charge on any atom is 0.222 e. The van der Waals surface area contributed by atoms with E-state index in [2.05, 4.69) is 36.2 Å². The maximum atomic E-state index is 12.0. The third-order valence-electron chi connectivity index (χ3n) is 5.14. The number of hydrogen-bond donors (Lipinski definition) is 1. The van der Waals surface area contributed by atoms with Gasteiger partial charge in [-0.3, -0.25) is 9.48 Å². The summed E-state index contributed by atoms with van der Waals surface area (Å²) in [4.78, 5) is 15.8. The summed E-state index contributed by atoms with van der Waals surface area (Å²) in [6.45, 7) is 7.62. The molecule has 5 nitrogen and oxygen atoms in total. The molecule has 0 atom stereocenters. The second kappa shape index (κ2) is 7.05. The molecule has 1 aromatic rings. The molecule has 1 aliphatic rings. The number of rotatable bonds is 6. The molecule has 5 heteroatoms. The van der Waals surface area contributed by atoms with Crippen LogP contribution in [0, 0.1) is 11.3 Å². The standard InChI is InChI=1S/C16H28N4O/c1-4-16(2,3)13-5-7-14(8-6-13)19-15(21)9-10-20-12-17-11-18-20/h11-14H,4-10H2,1-3H3,(H,19,21). The van der Waals surface area contributed by atoms with Gasteiger partial charge in [0.15, 0.2) is 0 Å². The van der Waals surface area contributed by atoms with Gasteiger partial charge >= 0.3 is 0 Å². The minimum absolute atomic E-state index is 0.128. The molecule has 0 spiro atoms. The molecule has 1 aromatic heterocycles. The number of amides is 1. The summed E-state index contributed by atoms with van der Waals surface area (Å²) >= 11 is 0. The minimum Gasteiger partial charge on any atom is -0.353 e. The smallest absolute Gasteiger partial charge is 0.222 e. The van der Waals surface area contributed by atoms with Crippen LogP contribution in [0.5, 0.6) is 0 Å². The van der Waals surface area contributed by atoms with Crippen LogP contribution in [0.1, 0.15) is 59.3 Å². The van der Waals surface area contributed by atoms with Gasteiger partial charge in [0, 0.05) is 12.5 Å². The molecule has 0 unspecified atom stereocenters. The SMILES string of the molecule is CCC(C)(C)C1CCC(NC(=O)CCn2cncn2)CC1. The van der Waals surface area contributed by atoms with Crippen LogP contribution in [0.25, 0.3) is 0 Å². The topological polar surface area (TPSA) is 59.8 Å². The molecule has 1 heterocycles. The zero-order valence-corrected chi connectivity index (χ0v) is 13.5. The van der Waals surface area contributed by atoms with E-state index in [4.69, 9.17) is 0 Å². The van der Waals surface area contributed by atoms with Crippen molar-refractivity contribution >= 4 is 5.91 Å². The van der Waals surface area contributed by atoms with E-state index < -0.39 is 0 Å². The van der Waals surface area contributed by atoms with Gasteiger partial charge in [-0.2, -0.15) is 5.10 Å². The van der Waals surface area contributed by atoms with Gasteiger partial charge in [0.25, 0.3) is 0 Å². The fourth-order valence-electron chi connectivity index (χ4n) is 3.17. The highest BCUT2D eigenvalue weighted by Gasteiger charge is 2.32. The molecule has 0 radical (unpaired) electrons. The minimum atomic E-state index is 0.128. The Morgan fingerprint density at radius 1 is 1.33 bits per heavy atom. The Morgan fingerprint density at radius 2 is 2.05 bits per heavy atom. The second-order valence-electron chi connectivity index (χ2n) is 6.87. The molecule has 1 aliphatic carbocycles. The number of carbonyl (C=O) groups is 1. The van der Waals surface area contributed by atoms with Crippen LogP contribution in [-0.2, 0) is 11.3 Å². The number of hydrogen-bond acceptors (Lipinski definition) is 3. The summed E-state index contributed by atoms with van der Waals surface area (Å²) in [7, 11) is 0. The van der Waals surface area contributed by atoms with Gasteiger partial charge in [0.05, 0.1) is 6.54 Å². The highest BCUT2D eigenvalue weighted by atomic mass is 16.1. The van der Waals surface area contributed by atoms with E-state index in [1.54, 1.807) is 11.0 Å². The average molecular weight is 292 g/mol. The van der Waals surface area contributed by atoms with Gasteiger partial charge in [-0.05, 0) is 37.0 Å². The summed E-state index contributed by atoms with van der Waals surface area (Å²) in [5.41, 5.74) is 0.433. The first kappa shape index (κ1) is 16.0. The predicted octanol–water partition coefficient (Wildman–Crippen LogP) is 2.78. The number of carbonyl (C=O) groups excluding carboxylic acids is 1. The number of aromatic nitrogens is 3.